The van der Waals surface area contributed by atoms with E-state index >= 15 is 0 Å². The number of thioether (sulfide) groups is 2. The topological polar surface area (TPSA) is 122 Å². The van der Waals surface area contributed by atoms with Crippen LogP contribution in [0.5, 0.6) is 0 Å². The van der Waals surface area contributed by atoms with Crippen LogP contribution in [0.2, 0.25) is 0 Å². The summed E-state index contributed by atoms with van der Waals surface area (Å²) in [6, 6.07) is 0. The zero-order valence-electron chi connectivity index (χ0n) is 44.2. The molecular formula is C56H112N2O6S2. The van der Waals surface area contributed by atoms with Crippen LogP contribution in [-0.2, 0) is 9.59 Å². The van der Waals surface area contributed by atoms with Gasteiger partial charge in [-0.1, -0.05) is 257 Å². The molecule has 0 bridgehead atoms. The third kappa shape index (κ3) is 47.5. The second-order valence-corrected chi connectivity index (χ2v) is 22.4. The first-order valence-electron chi connectivity index (χ1n) is 28.6. The SMILES string of the molecule is CCCCCCCCCCC(O)CN(CCC(=O)SCCSC(=O)CCN(CC(O)CCCCCCCCCC)CC(O)CCCCCCCCCC)CC(O)CCCCCCCCCC. The Morgan fingerprint density at radius 3 is 0.742 bits per heavy atom. The fourth-order valence-corrected chi connectivity index (χ4v) is 10.7. The summed E-state index contributed by atoms with van der Waals surface area (Å²) in [6.07, 6.45) is 41.3. The number of carbonyl (C=O) groups excluding carboxylic acids is 2. The molecule has 0 aliphatic rings. The highest BCUT2D eigenvalue weighted by Gasteiger charge is 2.19. The monoisotopic (exact) mass is 973 g/mol. The zero-order chi connectivity index (χ0) is 48.6. The van der Waals surface area contributed by atoms with Crippen molar-refractivity contribution in [1.29, 1.82) is 0 Å². The molecule has 0 heterocycles. The Bertz CT molecular complexity index is 893. The van der Waals surface area contributed by atoms with Gasteiger partial charge in [0.15, 0.2) is 10.2 Å². The fourth-order valence-electron chi connectivity index (χ4n) is 9.08. The van der Waals surface area contributed by atoms with Crippen LogP contribution in [0.4, 0.5) is 0 Å². The number of carbonyl (C=O) groups is 2. The van der Waals surface area contributed by atoms with Crippen LogP contribution < -0.4 is 0 Å². The Hall–Kier alpha value is -0.200. The highest BCUT2D eigenvalue weighted by Crippen LogP contribution is 2.18. The first-order chi connectivity index (χ1) is 32.1. The molecule has 0 fully saturated rings. The molecule has 0 saturated carbocycles. The number of hydrogen-bond acceptors (Lipinski definition) is 10. The van der Waals surface area contributed by atoms with Crippen LogP contribution >= 0.6 is 23.5 Å². The maximum atomic E-state index is 13.1. The van der Waals surface area contributed by atoms with E-state index < -0.39 is 24.4 Å². The molecular weight excluding hydrogens is 861 g/mol. The third-order valence-electron chi connectivity index (χ3n) is 13.3. The van der Waals surface area contributed by atoms with Crippen molar-refractivity contribution in [3.8, 4) is 0 Å². The fraction of sp³-hybridized carbons (Fsp3) is 0.964. The van der Waals surface area contributed by atoms with E-state index in [9.17, 15) is 30.0 Å². The van der Waals surface area contributed by atoms with Crippen molar-refractivity contribution in [2.75, 3.05) is 50.8 Å². The van der Waals surface area contributed by atoms with Gasteiger partial charge in [0.25, 0.3) is 0 Å². The molecule has 0 aromatic carbocycles. The molecule has 394 valence electrons. The quantitative estimate of drug-likeness (QED) is 0.0438. The van der Waals surface area contributed by atoms with Crippen molar-refractivity contribution in [3.05, 3.63) is 0 Å². The Morgan fingerprint density at radius 2 is 0.530 bits per heavy atom. The summed E-state index contributed by atoms with van der Waals surface area (Å²) in [6.45, 7) is 12.0. The Morgan fingerprint density at radius 1 is 0.333 bits per heavy atom. The minimum atomic E-state index is -0.460. The van der Waals surface area contributed by atoms with Gasteiger partial charge in [-0.15, -0.1) is 0 Å². The normalized spacial score (nSPS) is 13.8. The van der Waals surface area contributed by atoms with Crippen LogP contribution in [0.3, 0.4) is 0 Å². The molecule has 0 amide bonds. The smallest absolute Gasteiger partial charge is 0.190 e. The lowest BCUT2D eigenvalue weighted by Gasteiger charge is -2.27. The number of rotatable bonds is 53. The molecule has 8 nitrogen and oxygen atoms in total. The summed E-state index contributed by atoms with van der Waals surface area (Å²) in [4.78, 5) is 30.3. The summed E-state index contributed by atoms with van der Waals surface area (Å²) in [5.74, 6) is 1.13. The van der Waals surface area contributed by atoms with Crippen LogP contribution in [0.25, 0.3) is 0 Å². The largest absolute Gasteiger partial charge is 0.392 e. The average Bonchev–Trinajstić information content (AvgIpc) is 3.29. The minimum absolute atomic E-state index is 0.0883. The number of aliphatic hydroxyl groups excluding tert-OH is 4. The van der Waals surface area contributed by atoms with Crippen molar-refractivity contribution in [2.24, 2.45) is 0 Å². The molecule has 0 saturated heterocycles. The van der Waals surface area contributed by atoms with Gasteiger partial charge in [-0.3, -0.25) is 19.4 Å². The van der Waals surface area contributed by atoms with Gasteiger partial charge in [-0.2, -0.15) is 0 Å². The molecule has 0 aliphatic heterocycles. The van der Waals surface area contributed by atoms with Crippen LogP contribution in [0.1, 0.15) is 272 Å². The lowest BCUT2D eigenvalue weighted by Crippen LogP contribution is -2.39. The molecule has 0 aliphatic carbocycles. The lowest BCUT2D eigenvalue weighted by molar-refractivity contribution is -0.112. The van der Waals surface area contributed by atoms with Crippen molar-refractivity contribution in [1.82, 2.24) is 9.80 Å². The van der Waals surface area contributed by atoms with E-state index in [1.165, 1.54) is 178 Å². The zero-order valence-corrected chi connectivity index (χ0v) is 45.8. The summed E-state index contributed by atoms with van der Waals surface area (Å²) in [5.41, 5.74) is 0. The van der Waals surface area contributed by atoms with E-state index in [0.29, 0.717) is 63.6 Å². The molecule has 4 atom stereocenters. The molecule has 10 heteroatoms. The van der Waals surface area contributed by atoms with Gasteiger partial charge < -0.3 is 20.4 Å². The summed E-state index contributed by atoms with van der Waals surface area (Å²) in [5, 5.41) is 44.1. The average molecular weight is 974 g/mol. The Balaban J connectivity index is 4.90. The summed E-state index contributed by atoms with van der Waals surface area (Å²) >= 11 is 2.57. The van der Waals surface area contributed by atoms with E-state index in [4.69, 9.17) is 0 Å². The van der Waals surface area contributed by atoms with Crippen molar-refractivity contribution >= 4 is 33.8 Å². The van der Waals surface area contributed by atoms with E-state index in [1.807, 2.05) is 0 Å². The molecule has 66 heavy (non-hydrogen) atoms. The number of nitrogens with zero attached hydrogens (tertiary/aromatic N) is 2. The molecule has 0 radical (unpaired) electrons. The standard InChI is InChI=1S/C56H112N2O6S2/c1-5-9-13-17-21-25-29-33-37-51(59)47-57(48-52(60)38-34-30-26-22-18-14-10-6-2)43-41-55(63)65-45-46-66-56(64)42-44-58(49-53(61)39-35-31-27-23-19-15-11-7-3)50-54(62)40-36-32-28-24-20-16-12-8-4/h51-54,59-62H,5-50H2,1-4H3. The molecule has 4 unspecified atom stereocenters. The van der Waals surface area contributed by atoms with Gasteiger partial charge in [0.2, 0.25) is 0 Å². The molecule has 0 aromatic rings. The van der Waals surface area contributed by atoms with Gasteiger partial charge in [0, 0.05) is 63.6 Å². The first-order valence-corrected chi connectivity index (χ1v) is 30.6. The van der Waals surface area contributed by atoms with Gasteiger partial charge >= 0.3 is 0 Å². The highest BCUT2D eigenvalue weighted by molar-refractivity contribution is 8.16. The second kappa shape index (κ2) is 51.2. The van der Waals surface area contributed by atoms with Crippen LogP contribution in [0, 0.1) is 0 Å². The van der Waals surface area contributed by atoms with E-state index in [-0.39, 0.29) is 10.2 Å². The highest BCUT2D eigenvalue weighted by atomic mass is 32.2. The van der Waals surface area contributed by atoms with E-state index in [1.54, 1.807) is 0 Å². The van der Waals surface area contributed by atoms with E-state index in [0.717, 1.165) is 77.0 Å². The second-order valence-electron chi connectivity index (χ2n) is 20.1. The third-order valence-corrected chi connectivity index (χ3v) is 15.4. The molecule has 0 rings (SSSR count). The number of unbranched alkanes of at least 4 members (excludes halogenated alkanes) is 28. The molecule has 0 spiro atoms. The molecule has 0 aromatic heterocycles. The summed E-state index contributed by atoms with van der Waals surface area (Å²) < 4.78 is 0. The van der Waals surface area contributed by atoms with Gasteiger partial charge in [0.05, 0.1) is 24.4 Å². The van der Waals surface area contributed by atoms with Crippen molar-refractivity contribution in [3.63, 3.8) is 0 Å². The van der Waals surface area contributed by atoms with Crippen LogP contribution in [-0.4, -0.2) is 116 Å². The number of hydrogen-bond donors (Lipinski definition) is 4. The van der Waals surface area contributed by atoms with Gasteiger partial charge in [-0.25, -0.2) is 0 Å². The summed E-state index contributed by atoms with van der Waals surface area (Å²) in [7, 11) is 0. The maximum Gasteiger partial charge on any atom is 0.190 e. The van der Waals surface area contributed by atoms with Gasteiger partial charge in [0.1, 0.15) is 0 Å². The van der Waals surface area contributed by atoms with Crippen molar-refractivity contribution in [2.45, 2.75) is 296 Å². The molecule has 4 N–H and O–H groups in total. The maximum absolute atomic E-state index is 13.1. The predicted octanol–water partition coefficient (Wildman–Crippen LogP) is 14.5. The first kappa shape index (κ1) is 65.8. The van der Waals surface area contributed by atoms with Gasteiger partial charge in [-0.05, 0) is 25.7 Å². The van der Waals surface area contributed by atoms with Crippen molar-refractivity contribution < 1.29 is 30.0 Å². The Kier molecular flexibility index (Phi) is 51.0. The predicted molar refractivity (Wildman–Crippen MR) is 290 cm³/mol. The Labute approximate surface area is 418 Å². The van der Waals surface area contributed by atoms with Crippen LogP contribution in [0.15, 0.2) is 0 Å². The number of aliphatic hydroxyl groups is 4. The minimum Gasteiger partial charge on any atom is -0.392 e. The van der Waals surface area contributed by atoms with E-state index in [2.05, 4.69) is 37.5 Å². The lowest BCUT2D eigenvalue weighted by atomic mass is 10.0.